The van der Waals surface area contributed by atoms with Crippen LogP contribution < -0.4 is 5.32 Å². The highest BCUT2D eigenvalue weighted by Gasteiger charge is 2.36. The fraction of sp³-hybridized carbons (Fsp3) is 1.00. The normalized spacial score (nSPS) is 35.2. The third-order valence-corrected chi connectivity index (χ3v) is 3.08. The van der Waals surface area contributed by atoms with Crippen LogP contribution in [0, 0.1) is 0 Å². The van der Waals surface area contributed by atoms with Crippen LogP contribution in [-0.2, 0) is 4.74 Å². The van der Waals surface area contributed by atoms with Gasteiger partial charge in [-0.1, -0.05) is 0 Å². The number of hydrogen-bond donors (Lipinski definition) is 1. The smallest absolute Gasteiger partial charge is 0.113 e. The topological polar surface area (TPSA) is 21.3 Å². The molecular formula is C9H16FNO. The summed E-state index contributed by atoms with van der Waals surface area (Å²) in [6.07, 6.45) is 3.20. The van der Waals surface area contributed by atoms with Gasteiger partial charge in [-0.05, 0) is 25.7 Å². The molecular weight excluding hydrogens is 157 g/mol. The molecule has 1 spiro atoms. The lowest BCUT2D eigenvalue weighted by atomic mass is 9.82. The highest BCUT2D eigenvalue weighted by molar-refractivity contribution is 4.94. The summed E-state index contributed by atoms with van der Waals surface area (Å²) in [4.78, 5) is 0. The van der Waals surface area contributed by atoms with Crippen LogP contribution in [0.1, 0.15) is 25.7 Å². The van der Waals surface area contributed by atoms with Crippen molar-refractivity contribution in [3.8, 4) is 0 Å². The zero-order valence-electron chi connectivity index (χ0n) is 7.31. The molecule has 2 aliphatic rings. The molecule has 0 aliphatic carbocycles. The Labute approximate surface area is 72.5 Å². The summed E-state index contributed by atoms with van der Waals surface area (Å²) in [6, 6.07) is 0. The summed E-state index contributed by atoms with van der Waals surface area (Å²) < 4.78 is 18.1. The molecule has 2 fully saturated rings. The molecule has 1 unspecified atom stereocenters. The first kappa shape index (κ1) is 8.45. The van der Waals surface area contributed by atoms with Gasteiger partial charge in [0, 0.05) is 25.3 Å². The van der Waals surface area contributed by atoms with E-state index >= 15 is 0 Å². The first-order valence-corrected chi connectivity index (χ1v) is 4.78. The Morgan fingerprint density at radius 2 is 2.00 bits per heavy atom. The van der Waals surface area contributed by atoms with Crippen LogP contribution in [0.15, 0.2) is 0 Å². The summed E-state index contributed by atoms with van der Waals surface area (Å²) >= 11 is 0. The number of ether oxygens (including phenoxy) is 1. The summed E-state index contributed by atoms with van der Waals surface area (Å²) in [5.74, 6) is 0. The van der Waals surface area contributed by atoms with Gasteiger partial charge in [-0.3, -0.25) is 0 Å². The second kappa shape index (κ2) is 3.30. The van der Waals surface area contributed by atoms with Crippen LogP contribution in [0.5, 0.6) is 0 Å². The van der Waals surface area contributed by atoms with Crippen LogP contribution >= 0.6 is 0 Å². The zero-order valence-corrected chi connectivity index (χ0v) is 7.31. The van der Waals surface area contributed by atoms with Crippen molar-refractivity contribution in [3.63, 3.8) is 0 Å². The Hall–Kier alpha value is -0.150. The van der Waals surface area contributed by atoms with E-state index < -0.39 is 6.17 Å². The van der Waals surface area contributed by atoms with Crippen molar-refractivity contribution in [1.29, 1.82) is 0 Å². The van der Waals surface area contributed by atoms with Crippen molar-refractivity contribution in [3.05, 3.63) is 0 Å². The monoisotopic (exact) mass is 173 g/mol. The number of rotatable bonds is 0. The van der Waals surface area contributed by atoms with E-state index in [4.69, 9.17) is 4.74 Å². The summed E-state index contributed by atoms with van der Waals surface area (Å²) in [6.45, 7) is 2.22. The molecule has 3 heteroatoms. The summed E-state index contributed by atoms with van der Waals surface area (Å²) in [5.41, 5.74) is 0.223. The molecule has 0 amide bonds. The molecule has 1 N–H and O–H groups in total. The SMILES string of the molecule is FC1CCC2(CCOCC2)NC1. The largest absolute Gasteiger partial charge is 0.381 e. The van der Waals surface area contributed by atoms with Gasteiger partial charge in [0.1, 0.15) is 6.17 Å². The van der Waals surface area contributed by atoms with Crippen LogP contribution in [0.3, 0.4) is 0 Å². The van der Waals surface area contributed by atoms with Gasteiger partial charge >= 0.3 is 0 Å². The van der Waals surface area contributed by atoms with Gasteiger partial charge in [0.05, 0.1) is 0 Å². The van der Waals surface area contributed by atoms with Crippen molar-refractivity contribution in [2.24, 2.45) is 0 Å². The number of halogens is 1. The van der Waals surface area contributed by atoms with Crippen molar-refractivity contribution in [2.45, 2.75) is 37.4 Å². The Balaban J connectivity index is 1.92. The number of hydrogen-bond acceptors (Lipinski definition) is 2. The zero-order chi connectivity index (χ0) is 8.44. The molecule has 0 aromatic heterocycles. The number of nitrogens with one attached hydrogen (secondary N) is 1. The van der Waals surface area contributed by atoms with Crippen LogP contribution in [0.4, 0.5) is 4.39 Å². The minimum absolute atomic E-state index is 0.223. The van der Waals surface area contributed by atoms with Gasteiger partial charge < -0.3 is 10.1 Å². The molecule has 2 rings (SSSR count). The van der Waals surface area contributed by atoms with Crippen molar-refractivity contribution in [2.75, 3.05) is 19.8 Å². The molecule has 2 saturated heterocycles. The third-order valence-electron chi connectivity index (χ3n) is 3.08. The Kier molecular flexibility index (Phi) is 2.33. The second-order valence-corrected chi connectivity index (χ2v) is 3.91. The van der Waals surface area contributed by atoms with E-state index in [1.54, 1.807) is 0 Å². The molecule has 2 aliphatic heterocycles. The lowest BCUT2D eigenvalue weighted by Gasteiger charge is -2.42. The summed E-state index contributed by atoms with van der Waals surface area (Å²) in [7, 11) is 0. The lowest BCUT2D eigenvalue weighted by Crippen LogP contribution is -2.54. The predicted molar refractivity (Wildman–Crippen MR) is 44.9 cm³/mol. The van der Waals surface area contributed by atoms with Gasteiger partial charge in [-0.2, -0.15) is 0 Å². The van der Waals surface area contributed by atoms with Gasteiger partial charge in [0.15, 0.2) is 0 Å². The number of piperidine rings is 1. The molecule has 70 valence electrons. The maximum atomic E-state index is 12.8. The molecule has 1 atom stereocenters. The van der Waals surface area contributed by atoms with Crippen LogP contribution in [-0.4, -0.2) is 31.5 Å². The van der Waals surface area contributed by atoms with E-state index in [0.29, 0.717) is 6.54 Å². The highest BCUT2D eigenvalue weighted by Crippen LogP contribution is 2.30. The van der Waals surface area contributed by atoms with E-state index in [1.807, 2.05) is 0 Å². The third kappa shape index (κ3) is 1.62. The molecule has 12 heavy (non-hydrogen) atoms. The fourth-order valence-corrected chi connectivity index (χ4v) is 2.14. The fourth-order valence-electron chi connectivity index (χ4n) is 2.14. The lowest BCUT2D eigenvalue weighted by molar-refractivity contribution is 0.0168. The molecule has 0 aromatic rings. The maximum Gasteiger partial charge on any atom is 0.113 e. The van der Waals surface area contributed by atoms with E-state index in [9.17, 15) is 4.39 Å². The van der Waals surface area contributed by atoms with Crippen LogP contribution in [0.2, 0.25) is 0 Å². The van der Waals surface area contributed by atoms with Crippen molar-refractivity contribution in [1.82, 2.24) is 5.32 Å². The van der Waals surface area contributed by atoms with E-state index in [1.165, 1.54) is 0 Å². The average molecular weight is 173 g/mol. The Bertz CT molecular complexity index is 147. The maximum absolute atomic E-state index is 12.8. The van der Waals surface area contributed by atoms with Gasteiger partial charge in [0.25, 0.3) is 0 Å². The van der Waals surface area contributed by atoms with Crippen molar-refractivity contribution < 1.29 is 9.13 Å². The second-order valence-electron chi connectivity index (χ2n) is 3.91. The standard InChI is InChI=1S/C9H16FNO/c10-8-1-2-9(11-7-8)3-5-12-6-4-9/h8,11H,1-7H2. The predicted octanol–water partition coefficient (Wildman–Crippen LogP) is 1.26. The summed E-state index contributed by atoms with van der Waals surface area (Å²) in [5, 5.41) is 3.33. The molecule has 0 bridgehead atoms. The molecule has 0 radical (unpaired) electrons. The molecule has 2 heterocycles. The number of alkyl halides is 1. The Morgan fingerprint density at radius 1 is 1.25 bits per heavy atom. The minimum atomic E-state index is -0.626. The van der Waals surface area contributed by atoms with E-state index in [0.717, 1.165) is 38.9 Å². The quantitative estimate of drug-likeness (QED) is 0.595. The van der Waals surface area contributed by atoms with Crippen LogP contribution in [0.25, 0.3) is 0 Å². The van der Waals surface area contributed by atoms with E-state index in [-0.39, 0.29) is 5.54 Å². The highest BCUT2D eigenvalue weighted by atomic mass is 19.1. The first-order chi connectivity index (χ1) is 5.81. The van der Waals surface area contributed by atoms with Gasteiger partial charge in [0.2, 0.25) is 0 Å². The average Bonchev–Trinajstić information content (AvgIpc) is 2.13. The van der Waals surface area contributed by atoms with E-state index in [2.05, 4.69) is 5.32 Å². The molecule has 2 nitrogen and oxygen atoms in total. The van der Waals surface area contributed by atoms with Gasteiger partial charge in [-0.25, -0.2) is 4.39 Å². The molecule has 0 aromatic carbocycles. The molecule has 0 saturated carbocycles. The minimum Gasteiger partial charge on any atom is -0.381 e. The van der Waals surface area contributed by atoms with Gasteiger partial charge in [-0.15, -0.1) is 0 Å². The Morgan fingerprint density at radius 3 is 2.58 bits per heavy atom. The van der Waals surface area contributed by atoms with Crippen molar-refractivity contribution >= 4 is 0 Å². The first-order valence-electron chi connectivity index (χ1n) is 4.78.